The Labute approximate surface area is 70.4 Å². The molecule has 9 heavy (non-hydrogen) atoms. The Balaban J connectivity index is 0.000000640. The quantitative estimate of drug-likeness (QED) is 0.645. The molecule has 0 aromatic rings. The van der Waals surface area contributed by atoms with E-state index in [4.69, 9.17) is 0 Å². The van der Waals surface area contributed by atoms with Crippen molar-refractivity contribution >= 4 is 0 Å². The van der Waals surface area contributed by atoms with Crippen molar-refractivity contribution in [1.82, 2.24) is 0 Å². The van der Waals surface area contributed by atoms with Gasteiger partial charge in [0, 0.05) is 0 Å². The van der Waals surface area contributed by atoms with Crippen molar-refractivity contribution in [2.75, 3.05) is 0 Å². The van der Waals surface area contributed by atoms with Crippen LogP contribution < -0.4 is 0 Å². The van der Waals surface area contributed by atoms with E-state index in [9.17, 15) is 0 Å². The fourth-order valence-corrected chi connectivity index (χ4v) is 0.874. The van der Waals surface area contributed by atoms with E-state index in [-0.39, 0.29) is 20.1 Å². The molecule has 0 aromatic heterocycles. The minimum Gasteiger partial charge on any atom is -0.0845 e. The maximum atomic E-state index is 2.23. The standard InChI is InChI=1S/C8H12.Ir/c1-2-4-6-8-7-5-3-1;/h1-4H,5-8H2;/q;+3/b3-1-,4-2-;. The Morgan fingerprint density at radius 1 is 0.778 bits per heavy atom. The summed E-state index contributed by atoms with van der Waals surface area (Å²) in [6.45, 7) is 0. The van der Waals surface area contributed by atoms with Crippen LogP contribution in [0.1, 0.15) is 25.7 Å². The fourth-order valence-electron chi connectivity index (χ4n) is 0.874. The molecule has 0 amide bonds. The molecule has 0 fully saturated rings. The van der Waals surface area contributed by atoms with Gasteiger partial charge in [-0.15, -0.1) is 0 Å². The van der Waals surface area contributed by atoms with Gasteiger partial charge < -0.3 is 0 Å². The molecule has 1 heteroatoms. The van der Waals surface area contributed by atoms with Gasteiger partial charge in [-0.3, -0.25) is 0 Å². The summed E-state index contributed by atoms with van der Waals surface area (Å²) in [5, 5.41) is 0. The largest absolute Gasteiger partial charge is 3.00 e. The molecule has 0 unspecified atom stereocenters. The first-order chi connectivity index (χ1) is 4.00. The Hall–Kier alpha value is 0.129. The van der Waals surface area contributed by atoms with Gasteiger partial charge >= 0.3 is 20.1 Å². The zero-order chi connectivity index (χ0) is 5.66. The first-order valence-electron chi connectivity index (χ1n) is 3.32. The van der Waals surface area contributed by atoms with Crippen LogP contribution in [0.4, 0.5) is 0 Å². The van der Waals surface area contributed by atoms with Crippen LogP contribution in [0.2, 0.25) is 0 Å². The van der Waals surface area contributed by atoms with Gasteiger partial charge in [0.1, 0.15) is 0 Å². The molecule has 0 nitrogen and oxygen atoms in total. The van der Waals surface area contributed by atoms with Gasteiger partial charge in [0.05, 0.1) is 0 Å². The molecule has 1 aliphatic carbocycles. The predicted molar refractivity (Wildman–Crippen MR) is 36.7 cm³/mol. The summed E-state index contributed by atoms with van der Waals surface area (Å²) < 4.78 is 0. The Morgan fingerprint density at radius 2 is 1.22 bits per heavy atom. The molecule has 1 aliphatic rings. The number of rotatable bonds is 0. The molecular weight excluding hydrogens is 288 g/mol. The molecule has 0 heterocycles. The van der Waals surface area contributed by atoms with Crippen molar-refractivity contribution in [3.63, 3.8) is 0 Å². The predicted octanol–water partition coefficient (Wildman–Crippen LogP) is 2.67. The molecule has 0 N–H and O–H groups in total. The van der Waals surface area contributed by atoms with Crippen molar-refractivity contribution < 1.29 is 20.1 Å². The van der Waals surface area contributed by atoms with Crippen molar-refractivity contribution in [2.45, 2.75) is 25.7 Å². The van der Waals surface area contributed by atoms with E-state index in [1.165, 1.54) is 25.7 Å². The maximum absolute atomic E-state index is 2.23. The van der Waals surface area contributed by atoms with Crippen LogP contribution in [-0.2, 0) is 20.1 Å². The molecule has 0 saturated carbocycles. The second-order valence-electron chi connectivity index (χ2n) is 2.14. The van der Waals surface area contributed by atoms with Crippen LogP contribution in [0, 0.1) is 0 Å². The van der Waals surface area contributed by atoms with E-state index in [1.54, 1.807) is 0 Å². The SMILES string of the molecule is C1=C\CCCC\C=C/1.[Ir+3]. The Bertz CT molecular complexity index is 89.1. The summed E-state index contributed by atoms with van der Waals surface area (Å²) in [4.78, 5) is 0. The molecule has 0 radical (unpaired) electrons. The number of allylic oxidation sites excluding steroid dienone is 4. The van der Waals surface area contributed by atoms with Crippen molar-refractivity contribution in [1.29, 1.82) is 0 Å². The first-order valence-corrected chi connectivity index (χ1v) is 3.32. The topological polar surface area (TPSA) is 0 Å². The zero-order valence-corrected chi connectivity index (χ0v) is 7.87. The smallest absolute Gasteiger partial charge is 0.0845 e. The third-order valence-corrected chi connectivity index (χ3v) is 1.37. The minimum absolute atomic E-state index is 0. The molecule has 0 saturated heterocycles. The summed E-state index contributed by atoms with van der Waals surface area (Å²) in [7, 11) is 0. The van der Waals surface area contributed by atoms with Gasteiger partial charge in [-0.25, -0.2) is 0 Å². The van der Waals surface area contributed by atoms with Gasteiger partial charge in [-0.2, -0.15) is 0 Å². The van der Waals surface area contributed by atoms with Crippen molar-refractivity contribution in [2.24, 2.45) is 0 Å². The van der Waals surface area contributed by atoms with E-state index >= 15 is 0 Å². The summed E-state index contributed by atoms with van der Waals surface area (Å²) in [6, 6.07) is 0. The van der Waals surface area contributed by atoms with Crippen LogP contribution in [0.25, 0.3) is 0 Å². The van der Waals surface area contributed by atoms with E-state index in [0.717, 1.165) is 0 Å². The second-order valence-corrected chi connectivity index (χ2v) is 2.14. The van der Waals surface area contributed by atoms with Gasteiger partial charge in [0.25, 0.3) is 0 Å². The monoisotopic (exact) mass is 301 g/mol. The number of hydrogen-bond acceptors (Lipinski definition) is 0. The summed E-state index contributed by atoms with van der Waals surface area (Å²) >= 11 is 0. The van der Waals surface area contributed by atoms with Crippen molar-refractivity contribution in [3.05, 3.63) is 24.3 Å². The first kappa shape index (κ1) is 9.13. The molecule has 0 spiro atoms. The molecule has 0 bridgehead atoms. The van der Waals surface area contributed by atoms with Gasteiger partial charge in [0.15, 0.2) is 0 Å². The van der Waals surface area contributed by atoms with Gasteiger partial charge in [0.2, 0.25) is 0 Å². The second kappa shape index (κ2) is 6.25. The van der Waals surface area contributed by atoms with E-state index in [2.05, 4.69) is 24.3 Å². The average Bonchev–Trinajstić information content (AvgIpc) is 1.62. The van der Waals surface area contributed by atoms with Gasteiger partial charge in [-0.05, 0) is 25.7 Å². The van der Waals surface area contributed by atoms with Crippen LogP contribution in [0.3, 0.4) is 0 Å². The summed E-state index contributed by atoms with van der Waals surface area (Å²) in [5.41, 5.74) is 0. The minimum atomic E-state index is 0. The zero-order valence-electron chi connectivity index (χ0n) is 5.47. The van der Waals surface area contributed by atoms with Crippen LogP contribution in [0.5, 0.6) is 0 Å². The molecule has 0 atom stereocenters. The van der Waals surface area contributed by atoms with Gasteiger partial charge in [-0.1, -0.05) is 24.3 Å². The van der Waals surface area contributed by atoms with Crippen LogP contribution in [0.15, 0.2) is 24.3 Å². The molecule has 50 valence electrons. The van der Waals surface area contributed by atoms with Crippen molar-refractivity contribution in [3.8, 4) is 0 Å². The third kappa shape index (κ3) is 4.62. The molecule has 0 aromatic carbocycles. The Kier molecular flexibility index (Phi) is 6.34. The van der Waals surface area contributed by atoms with Crippen LogP contribution >= 0.6 is 0 Å². The van der Waals surface area contributed by atoms with E-state index in [1.807, 2.05) is 0 Å². The summed E-state index contributed by atoms with van der Waals surface area (Å²) in [6.07, 6.45) is 14.0. The molecular formula is C8H12Ir+3. The average molecular weight is 300 g/mol. The summed E-state index contributed by atoms with van der Waals surface area (Å²) in [5.74, 6) is 0. The maximum Gasteiger partial charge on any atom is 3.00 e. The van der Waals surface area contributed by atoms with E-state index < -0.39 is 0 Å². The fraction of sp³-hybridized carbons (Fsp3) is 0.500. The number of hydrogen-bond donors (Lipinski definition) is 0. The molecule has 0 aliphatic heterocycles. The van der Waals surface area contributed by atoms with E-state index in [0.29, 0.717) is 0 Å². The Morgan fingerprint density at radius 3 is 1.67 bits per heavy atom. The normalized spacial score (nSPS) is 24.9. The molecule has 1 rings (SSSR count). The van der Waals surface area contributed by atoms with Crippen LogP contribution in [-0.4, -0.2) is 0 Å². The third-order valence-electron chi connectivity index (χ3n) is 1.37.